The summed E-state index contributed by atoms with van der Waals surface area (Å²) in [6.07, 6.45) is 3.08. The maximum atomic E-state index is 9.13. The van der Waals surface area contributed by atoms with Crippen molar-refractivity contribution in [3.63, 3.8) is 0 Å². The van der Waals surface area contributed by atoms with Gasteiger partial charge in [0.25, 0.3) is 5.22 Å². The quantitative estimate of drug-likeness (QED) is 0.898. The summed E-state index contributed by atoms with van der Waals surface area (Å²) in [5.41, 5.74) is 0.808. The molecule has 1 heterocycles. The van der Waals surface area contributed by atoms with E-state index in [-0.39, 0.29) is 6.61 Å². The molecular formula is C10H8ClNO2S. The van der Waals surface area contributed by atoms with Crippen LogP contribution >= 0.6 is 23.4 Å². The average Bonchev–Trinajstić information content (AvgIpc) is 2.71. The third-order valence-corrected chi connectivity index (χ3v) is 3.02. The fraction of sp³-hybridized carbons (Fsp3) is 0.100. The molecule has 0 aliphatic heterocycles. The van der Waals surface area contributed by atoms with Gasteiger partial charge >= 0.3 is 0 Å². The summed E-state index contributed by atoms with van der Waals surface area (Å²) in [5.74, 6) is 0. The molecule has 0 saturated heterocycles. The van der Waals surface area contributed by atoms with E-state index in [1.165, 1.54) is 18.0 Å². The van der Waals surface area contributed by atoms with Crippen LogP contribution in [0.3, 0.4) is 0 Å². The number of hydrogen-bond acceptors (Lipinski definition) is 4. The van der Waals surface area contributed by atoms with Gasteiger partial charge in [0.05, 0.1) is 12.8 Å². The molecule has 1 aromatic carbocycles. The minimum Gasteiger partial charge on any atom is -0.440 e. The Morgan fingerprint density at radius 3 is 3.00 bits per heavy atom. The molecule has 0 unspecified atom stereocenters. The van der Waals surface area contributed by atoms with E-state index in [2.05, 4.69) is 4.98 Å². The Hall–Kier alpha value is -0.970. The van der Waals surface area contributed by atoms with Gasteiger partial charge in [-0.25, -0.2) is 4.98 Å². The number of rotatable bonds is 3. The van der Waals surface area contributed by atoms with Gasteiger partial charge in [-0.05, 0) is 29.5 Å². The lowest BCUT2D eigenvalue weighted by Gasteiger charge is -2.04. The summed E-state index contributed by atoms with van der Waals surface area (Å²) in [6.45, 7) is -0.0276. The summed E-state index contributed by atoms with van der Waals surface area (Å²) < 4.78 is 5.10. The SMILES string of the molecule is OCc1ccc(Cl)cc1Sc1ncco1. The van der Waals surface area contributed by atoms with Crippen LogP contribution in [0.25, 0.3) is 0 Å². The van der Waals surface area contributed by atoms with Crippen LogP contribution in [0, 0.1) is 0 Å². The van der Waals surface area contributed by atoms with E-state index in [0.29, 0.717) is 10.2 Å². The van der Waals surface area contributed by atoms with E-state index >= 15 is 0 Å². The monoisotopic (exact) mass is 241 g/mol. The van der Waals surface area contributed by atoms with E-state index in [1.807, 2.05) is 0 Å². The van der Waals surface area contributed by atoms with Crippen LogP contribution in [0.5, 0.6) is 0 Å². The highest BCUT2D eigenvalue weighted by Gasteiger charge is 2.07. The lowest BCUT2D eigenvalue weighted by Crippen LogP contribution is -1.87. The van der Waals surface area contributed by atoms with E-state index in [4.69, 9.17) is 21.1 Å². The molecule has 3 nitrogen and oxygen atoms in total. The molecule has 1 aromatic heterocycles. The molecule has 0 radical (unpaired) electrons. The zero-order valence-electron chi connectivity index (χ0n) is 7.68. The van der Waals surface area contributed by atoms with Gasteiger partial charge in [0.15, 0.2) is 0 Å². The largest absolute Gasteiger partial charge is 0.440 e. The standard InChI is InChI=1S/C10H8ClNO2S/c11-8-2-1-7(6-13)9(5-8)15-10-12-3-4-14-10/h1-5,13H,6H2. The number of aromatic nitrogens is 1. The molecule has 0 saturated carbocycles. The fourth-order valence-electron chi connectivity index (χ4n) is 1.11. The van der Waals surface area contributed by atoms with E-state index in [1.54, 1.807) is 24.4 Å². The molecule has 78 valence electrons. The molecule has 15 heavy (non-hydrogen) atoms. The van der Waals surface area contributed by atoms with Gasteiger partial charge in [-0.2, -0.15) is 0 Å². The Balaban J connectivity index is 2.30. The van der Waals surface area contributed by atoms with Crippen LogP contribution < -0.4 is 0 Å². The van der Waals surface area contributed by atoms with Crippen molar-refractivity contribution in [2.24, 2.45) is 0 Å². The van der Waals surface area contributed by atoms with Crippen LogP contribution in [-0.2, 0) is 6.61 Å². The number of hydrogen-bond donors (Lipinski definition) is 1. The van der Waals surface area contributed by atoms with Crippen molar-refractivity contribution >= 4 is 23.4 Å². The molecule has 0 aliphatic rings. The zero-order chi connectivity index (χ0) is 10.7. The van der Waals surface area contributed by atoms with Crippen molar-refractivity contribution in [1.82, 2.24) is 4.98 Å². The van der Waals surface area contributed by atoms with Crippen LogP contribution in [-0.4, -0.2) is 10.1 Å². The second-order valence-electron chi connectivity index (χ2n) is 2.81. The van der Waals surface area contributed by atoms with E-state index < -0.39 is 0 Å². The fourth-order valence-corrected chi connectivity index (χ4v) is 2.20. The van der Waals surface area contributed by atoms with Gasteiger partial charge in [0, 0.05) is 9.92 Å². The lowest BCUT2D eigenvalue weighted by molar-refractivity contribution is 0.279. The number of oxazole rings is 1. The molecule has 0 bridgehead atoms. The van der Waals surface area contributed by atoms with Gasteiger partial charge < -0.3 is 9.52 Å². The van der Waals surface area contributed by atoms with Gasteiger partial charge in [-0.15, -0.1) is 0 Å². The zero-order valence-corrected chi connectivity index (χ0v) is 9.26. The first kappa shape index (κ1) is 10.5. The first-order valence-corrected chi connectivity index (χ1v) is 5.45. The molecule has 0 spiro atoms. The minimum atomic E-state index is -0.0276. The van der Waals surface area contributed by atoms with E-state index in [0.717, 1.165) is 10.5 Å². The van der Waals surface area contributed by atoms with Gasteiger partial charge in [0.1, 0.15) is 6.26 Å². The first-order chi connectivity index (χ1) is 7.29. The minimum absolute atomic E-state index is 0.0276. The third-order valence-electron chi connectivity index (χ3n) is 1.81. The Morgan fingerprint density at radius 2 is 2.33 bits per heavy atom. The van der Waals surface area contributed by atoms with Gasteiger partial charge in [-0.3, -0.25) is 0 Å². The Bertz CT molecular complexity index is 445. The molecule has 1 N–H and O–H groups in total. The maximum absolute atomic E-state index is 9.13. The maximum Gasteiger partial charge on any atom is 0.260 e. The lowest BCUT2D eigenvalue weighted by atomic mass is 10.2. The predicted molar refractivity (Wildman–Crippen MR) is 58.0 cm³/mol. The average molecular weight is 242 g/mol. The number of aliphatic hydroxyl groups is 1. The molecule has 2 aromatic rings. The molecule has 2 rings (SSSR count). The second kappa shape index (κ2) is 4.70. The summed E-state index contributed by atoms with van der Waals surface area (Å²) in [6, 6.07) is 5.31. The van der Waals surface area contributed by atoms with Crippen LogP contribution in [0.4, 0.5) is 0 Å². The molecule has 0 atom stereocenters. The predicted octanol–water partition coefficient (Wildman–Crippen LogP) is 2.97. The second-order valence-corrected chi connectivity index (χ2v) is 4.24. The normalized spacial score (nSPS) is 10.5. The van der Waals surface area contributed by atoms with Crippen molar-refractivity contribution in [3.8, 4) is 0 Å². The Morgan fingerprint density at radius 1 is 1.47 bits per heavy atom. The van der Waals surface area contributed by atoms with Crippen molar-refractivity contribution in [3.05, 3.63) is 41.2 Å². The smallest absolute Gasteiger partial charge is 0.260 e. The highest BCUT2D eigenvalue weighted by molar-refractivity contribution is 7.99. The number of benzene rings is 1. The van der Waals surface area contributed by atoms with E-state index in [9.17, 15) is 0 Å². The number of nitrogens with zero attached hydrogens (tertiary/aromatic N) is 1. The topological polar surface area (TPSA) is 46.3 Å². The molecule has 0 amide bonds. The first-order valence-electron chi connectivity index (χ1n) is 4.26. The molecule has 5 heteroatoms. The highest BCUT2D eigenvalue weighted by Crippen LogP contribution is 2.31. The summed E-state index contributed by atoms with van der Waals surface area (Å²) in [4.78, 5) is 4.84. The molecule has 0 fully saturated rings. The Kier molecular flexibility index (Phi) is 3.30. The van der Waals surface area contributed by atoms with Gasteiger partial charge in [0.2, 0.25) is 0 Å². The van der Waals surface area contributed by atoms with Crippen LogP contribution in [0.2, 0.25) is 5.02 Å². The van der Waals surface area contributed by atoms with Crippen molar-refractivity contribution in [2.75, 3.05) is 0 Å². The van der Waals surface area contributed by atoms with Crippen molar-refractivity contribution < 1.29 is 9.52 Å². The number of aliphatic hydroxyl groups excluding tert-OH is 1. The summed E-state index contributed by atoms with van der Waals surface area (Å²) in [7, 11) is 0. The molecule has 0 aliphatic carbocycles. The van der Waals surface area contributed by atoms with Gasteiger partial charge in [-0.1, -0.05) is 17.7 Å². The summed E-state index contributed by atoms with van der Waals surface area (Å²) in [5, 5.41) is 10.3. The number of halogens is 1. The van der Waals surface area contributed by atoms with Crippen LogP contribution in [0.15, 0.2) is 45.2 Å². The van der Waals surface area contributed by atoms with Crippen LogP contribution in [0.1, 0.15) is 5.56 Å². The Labute approximate surface area is 96.1 Å². The summed E-state index contributed by atoms with van der Waals surface area (Å²) >= 11 is 7.21. The molecular weight excluding hydrogens is 234 g/mol. The third kappa shape index (κ3) is 2.53. The van der Waals surface area contributed by atoms with Crippen molar-refractivity contribution in [1.29, 1.82) is 0 Å². The van der Waals surface area contributed by atoms with Crippen molar-refractivity contribution in [2.45, 2.75) is 16.7 Å². The highest BCUT2D eigenvalue weighted by atomic mass is 35.5.